The van der Waals surface area contributed by atoms with Crippen molar-refractivity contribution in [3.8, 4) is 22.8 Å². The van der Waals surface area contributed by atoms with Gasteiger partial charge in [0, 0.05) is 11.5 Å². The minimum absolute atomic E-state index is 0.335. The summed E-state index contributed by atoms with van der Waals surface area (Å²) >= 11 is 0. The van der Waals surface area contributed by atoms with Gasteiger partial charge in [-0.15, -0.1) is 0 Å². The quantitative estimate of drug-likeness (QED) is 0.791. The van der Waals surface area contributed by atoms with Gasteiger partial charge in [-0.2, -0.15) is 0 Å². The molecular formula is C15H14N2O3. The molecular weight excluding hydrogens is 256 g/mol. The standard InChI is InChI=1S/C15H14N2O3/c1-18-10-5-3-9-4-6-12(19-2)15(11(9)7-10)13-8-14(16)17-20-13/h3-8H,1-2H3,(H2,16,17). The van der Waals surface area contributed by atoms with E-state index in [1.165, 1.54) is 0 Å². The smallest absolute Gasteiger partial charge is 0.173 e. The first-order valence-corrected chi connectivity index (χ1v) is 6.10. The van der Waals surface area contributed by atoms with Crippen LogP contribution >= 0.6 is 0 Å². The monoisotopic (exact) mass is 270 g/mol. The highest BCUT2D eigenvalue weighted by Gasteiger charge is 2.15. The Morgan fingerprint density at radius 1 is 1.05 bits per heavy atom. The van der Waals surface area contributed by atoms with Gasteiger partial charge in [-0.25, -0.2) is 0 Å². The Hall–Kier alpha value is -2.69. The van der Waals surface area contributed by atoms with Crippen LogP contribution in [-0.2, 0) is 0 Å². The van der Waals surface area contributed by atoms with E-state index < -0.39 is 0 Å². The Balaban J connectivity index is 2.35. The molecule has 20 heavy (non-hydrogen) atoms. The summed E-state index contributed by atoms with van der Waals surface area (Å²) in [4.78, 5) is 0. The van der Waals surface area contributed by atoms with E-state index in [1.807, 2.05) is 30.3 Å². The molecule has 0 fully saturated rings. The third-order valence-corrected chi connectivity index (χ3v) is 3.19. The summed E-state index contributed by atoms with van der Waals surface area (Å²) in [5.41, 5.74) is 6.45. The molecule has 102 valence electrons. The molecule has 0 atom stereocenters. The van der Waals surface area contributed by atoms with E-state index >= 15 is 0 Å². The molecule has 3 rings (SSSR count). The number of nitrogens with zero attached hydrogens (tertiary/aromatic N) is 1. The molecule has 2 N–H and O–H groups in total. The van der Waals surface area contributed by atoms with Gasteiger partial charge in [0.25, 0.3) is 0 Å². The van der Waals surface area contributed by atoms with Gasteiger partial charge in [0.05, 0.1) is 19.8 Å². The number of methoxy groups -OCH3 is 2. The van der Waals surface area contributed by atoms with E-state index in [1.54, 1.807) is 20.3 Å². The Morgan fingerprint density at radius 3 is 2.50 bits per heavy atom. The van der Waals surface area contributed by atoms with Crippen molar-refractivity contribution in [2.75, 3.05) is 20.0 Å². The van der Waals surface area contributed by atoms with E-state index in [2.05, 4.69) is 5.16 Å². The Morgan fingerprint density at radius 2 is 1.85 bits per heavy atom. The molecule has 5 nitrogen and oxygen atoms in total. The lowest BCUT2D eigenvalue weighted by atomic mass is 10.0. The predicted octanol–water partition coefficient (Wildman–Crippen LogP) is 3.09. The highest BCUT2D eigenvalue weighted by Crippen LogP contribution is 2.38. The molecule has 5 heteroatoms. The largest absolute Gasteiger partial charge is 0.497 e. The van der Waals surface area contributed by atoms with Gasteiger partial charge in [0.2, 0.25) is 0 Å². The van der Waals surface area contributed by atoms with Crippen molar-refractivity contribution in [3.05, 3.63) is 36.4 Å². The van der Waals surface area contributed by atoms with Gasteiger partial charge in [-0.3, -0.25) is 0 Å². The summed E-state index contributed by atoms with van der Waals surface area (Å²) in [6.07, 6.45) is 0. The fourth-order valence-electron chi connectivity index (χ4n) is 2.24. The van der Waals surface area contributed by atoms with E-state index in [-0.39, 0.29) is 0 Å². The van der Waals surface area contributed by atoms with Crippen molar-refractivity contribution in [2.45, 2.75) is 0 Å². The van der Waals surface area contributed by atoms with Crippen LogP contribution in [0.2, 0.25) is 0 Å². The number of anilines is 1. The minimum Gasteiger partial charge on any atom is -0.497 e. The van der Waals surface area contributed by atoms with Crippen molar-refractivity contribution in [1.82, 2.24) is 5.16 Å². The maximum Gasteiger partial charge on any atom is 0.173 e. The maximum absolute atomic E-state index is 5.64. The van der Waals surface area contributed by atoms with Gasteiger partial charge in [-0.05, 0) is 23.6 Å². The van der Waals surface area contributed by atoms with E-state index in [4.69, 9.17) is 19.7 Å². The molecule has 0 unspecified atom stereocenters. The zero-order valence-corrected chi connectivity index (χ0v) is 11.2. The lowest BCUT2D eigenvalue weighted by Gasteiger charge is -2.10. The molecule has 3 aromatic rings. The van der Waals surface area contributed by atoms with Gasteiger partial charge in [-0.1, -0.05) is 17.3 Å². The summed E-state index contributed by atoms with van der Waals surface area (Å²) in [6.45, 7) is 0. The van der Waals surface area contributed by atoms with Crippen LogP contribution < -0.4 is 15.2 Å². The molecule has 2 aromatic carbocycles. The maximum atomic E-state index is 5.64. The number of ether oxygens (including phenoxy) is 2. The highest BCUT2D eigenvalue weighted by atomic mass is 16.5. The first kappa shape index (κ1) is 12.3. The molecule has 0 radical (unpaired) electrons. The normalized spacial score (nSPS) is 10.7. The van der Waals surface area contributed by atoms with Crippen LogP contribution in [-0.4, -0.2) is 19.4 Å². The fourth-order valence-corrected chi connectivity index (χ4v) is 2.24. The fraction of sp³-hybridized carbons (Fsp3) is 0.133. The number of rotatable bonds is 3. The SMILES string of the molecule is COc1ccc2ccc(OC)c(-c3cc(N)no3)c2c1. The third kappa shape index (κ3) is 1.93. The lowest BCUT2D eigenvalue weighted by Crippen LogP contribution is -1.90. The summed E-state index contributed by atoms with van der Waals surface area (Å²) in [5.74, 6) is 2.36. The molecule has 1 heterocycles. The zero-order valence-electron chi connectivity index (χ0n) is 11.2. The van der Waals surface area contributed by atoms with Crippen LogP contribution in [0.5, 0.6) is 11.5 Å². The van der Waals surface area contributed by atoms with Crippen molar-refractivity contribution in [2.24, 2.45) is 0 Å². The average Bonchev–Trinajstić information content (AvgIpc) is 2.91. The number of nitrogens with two attached hydrogens (primary N) is 1. The third-order valence-electron chi connectivity index (χ3n) is 3.19. The van der Waals surface area contributed by atoms with E-state index in [0.717, 1.165) is 22.1 Å². The van der Waals surface area contributed by atoms with Crippen molar-refractivity contribution in [1.29, 1.82) is 0 Å². The molecule has 0 saturated carbocycles. The number of benzene rings is 2. The topological polar surface area (TPSA) is 70.5 Å². The minimum atomic E-state index is 0.335. The second kappa shape index (κ2) is 4.77. The number of fused-ring (bicyclic) bond motifs is 1. The van der Waals surface area contributed by atoms with Gasteiger partial charge in [0.1, 0.15) is 11.5 Å². The number of nitrogen functional groups attached to an aromatic ring is 1. The first-order valence-electron chi connectivity index (χ1n) is 6.10. The predicted molar refractivity (Wildman–Crippen MR) is 77.0 cm³/mol. The second-order valence-corrected chi connectivity index (χ2v) is 4.35. The summed E-state index contributed by atoms with van der Waals surface area (Å²) in [5, 5.41) is 5.74. The van der Waals surface area contributed by atoms with Crippen LogP contribution in [0, 0.1) is 0 Å². The van der Waals surface area contributed by atoms with Crippen molar-refractivity contribution >= 4 is 16.6 Å². The molecule has 0 aliphatic heterocycles. The molecule has 0 amide bonds. The summed E-state index contributed by atoms with van der Waals surface area (Å²) in [7, 11) is 3.25. The summed E-state index contributed by atoms with van der Waals surface area (Å²) in [6, 6.07) is 11.4. The first-order chi connectivity index (χ1) is 9.72. The number of hydrogen-bond donors (Lipinski definition) is 1. The van der Waals surface area contributed by atoms with Crippen molar-refractivity contribution in [3.63, 3.8) is 0 Å². The Kier molecular flexibility index (Phi) is 2.95. The molecule has 0 aliphatic carbocycles. The van der Waals surface area contributed by atoms with Gasteiger partial charge >= 0.3 is 0 Å². The Bertz CT molecular complexity index is 760. The zero-order chi connectivity index (χ0) is 14.1. The number of hydrogen-bond acceptors (Lipinski definition) is 5. The van der Waals surface area contributed by atoms with E-state index in [0.29, 0.717) is 17.3 Å². The number of aromatic nitrogens is 1. The molecule has 0 spiro atoms. The van der Waals surface area contributed by atoms with Gasteiger partial charge < -0.3 is 19.7 Å². The molecule has 1 aromatic heterocycles. The van der Waals surface area contributed by atoms with Crippen LogP contribution in [0.15, 0.2) is 40.9 Å². The Labute approximate surface area is 115 Å². The van der Waals surface area contributed by atoms with Crippen LogP contribution in [0.3, 0.4) is 0 Å². The van der Waals surface area contributed by atoms with Crippen LogP contribution in [0.25, 0.3) is 22.1 Å². The average molecular weight is 270 g/mol. The molecule has 0 aliphatic rings. The highest BCUT2D eigenvalue weighted by molar-refractivity contribution is 5.99. The van der Waals surface area contributed by atoms with Crippen LogP contribution in [0.1, 0.15) is 0 Å². The van der Waals surface area contributed by atoms with Crippen LogP contribution in [0.4, 0.5) is 5.82 Å². The van der Waals surface area contributed by atoms with Crippen molar-refractivity contribution < 1.29 is 14.0 Å². The molecule has 0 bridgehead atoms. The summed E-state index contributed by atoms with van der Waals surface area (Å²) < 4.78 is 16.0. The molecule has 0 saturated heterocycles. The van der Waals surface area contributed by atoms with Gasteiger partial charge in [0.15, 0.2) is 11.6 Å². The lowest BCUT2D eigenvalue weighted by molar-refractivity contribution is 0.407. The second-order valence-electron chi connectivity index (χ2n) is 4.35. The van der Waals surface area contributed by atoms with E-state index in [9.17, 15) is 0 Å².